The van der Waals surface area contributed by atoms with E-state index in [2.05, 4.69) is 15.6 Å². The van der Waals surface area contributed by atoms with Gasteiger partial charge in [0.15, 0.2) is 0 Å². The number of likely N-dealkylation sites (tertiary alicyclic amines) is 1. The molecule has 3 aromatic rings. The Morgan fingerprint density at radius 2 is 1.79 bits per heavy atom. The van der Waals surface area contributed by atoms with Gasteiger partial charge < -0.3 is 21.3 Å². The summed E-state index contributed by atoms with van der Waals surface area (Å²) in [7, 11) is 0. The minimum atomic E-state index is -1.28. The largest absolute Gasteiger partial charge is 0.392 e. The zero-order valence-corrected chi connectivity index (χ0v) is 21.3. The molecule has 2 amide bonds. The van der Waals surface area contributed by atoms with Gasteiger partial charge in [-0.3, -0.25) is 14.5 Å². The number of aliphatic hydroxyl groups is 2. The molecule has 4 rings (SSSR count). The van der Waals surface area contributed by atoms with Crippen LogP contribution >= 0.6 is 0 Å². The molecule has 1 fully saturated rings. The summed E-state index contributed by atoms with van der Waals surface area (Å²) in [4.78, 5) is 27.0. The molecule has 2 aromatic carbocycles. The molecule has 0 aliphatic carbocycles. The third-order valence-corrected chi connectivity index (χ3v) is 6.90. The van der Waals surface area contributed by atoms with Gasteiger partial charge in [0.2, 0.25) is 11.8 Å². The number of aromatic nitrogens is 3. The van der Waals surface area contributed by atoms with Crippen LogP contribution in [0.4, 0.5) is 4.39 Å². The lowest BCUT2D eigenvalue weighted by Gasteiger charge is -2.35. The quantitative estimate of drug-likeness (QED) is 0.312. The summed E-state index contributed by atoms with van der Waals surface area (Å²) in [6.07, 6.45) is -0.848. The molecule has 11 heteroatoms. The van der Waals surface area contributed by atoms with Crippen LogP contribution in [-0.2, 0) is 16.0 Å². The van der Waals surface area contributed by atoms with Gasteiger partial charge in [-0.2, -0.15) is 4.39 Å². The van der Waals surface area contributed by atoms with E-state index in [4.69, 9.17) is 5.73 Å². The van der Waals surface area contributed by atoms with Gasteiger partial charge >= 0.3 is 0 Å². The highest BCUT2D eigenvalue weighted by Gasteiger charge is 2.44. The fraction of sp³-hybridized carbons (Fsp3) is 0.407. The van der Waals surface area contributed by atoms with Gasteiger partial charge in [-0.15, -0.1) is 0 Å². The fourth-order valence-corrected chi connectivity index (χ4v) is 4.96. The summed E-state index contributed by atoms with van der Waals surface area (Å²) in [6, 6.07) is 14.8. The Kier molecular flexibility index (Phi) is 8.50. The molecule has 1 aromatic heterocycles. The van der Waals surface area contributed by atoms with Crippen LogP contribution < -0.4 is 11.1 Å². The molecule has 38 heavy (non-hydrogen) atoms. The van der Waals surface area contributed by atoms with E-state index in [9.17, 15) is 24.2 Å². The van der Waals surface area contributed by atoms with Crippen molar-refractivity contribution < 1.29 is 24.2 Å². The summed E-state index contributed by atoms with van der Waals surface area (Å²) in [5.41, 5.74) is 8.51. The molecule has 2 heterocycles. The number of halogens is 1. The van der Waals surface area contributed by atoms with Gasteiger partial charge in [0.1, 0.15) is 12.3 Å². The minimum absolute atomic E-state index is 0.0157. The summed E-state index contributed by atoms with van der Waals surface area (Å²) in [5.74, 6) is -2.24. The highest BCUT2D eigenvalue weighted by atomic mass is 19.1. The summed E-state index contributed by atoms with van der Waals surface area (Å²) in [6.45, 7) is 3.66. The van der Waals surface area contributed by atoms with E-state index in [-0.39, 0.29) is 25.3 Å². The molecule has 1 aliphatic rings. The average Bonchev–Trinajstić information content (AvgIpc) is 3.49. The Bertz CT molecular complexity index is 1240. The van der Waals surface area contributed by atoms with Crippen molar-refractivity contribution >= 4 is 11.8 Å². The number of β-amino-alcohol motifs (C(OH)–C–C–N with tert-alkyl or cyclic N) is 1. The number of amides is 2. The van der Waals surface area contributed by atoms with Crippen LogP contribution in [0.2, 0.25) is 0 Å². The molecule has 0 saturated carbocycles. The molecule has 10 nitrogen and oxygen atoms in total. The lowest BCUT2D eigenvalue weighted by molar-refractivity contribution is -0.135. The van der Waals surface area contributed by atoms with Crippen LogP contribution in [0, 0.1) is 11.9 Å². The topological polar surface area (TPSA) is 147 Å². The van der Waals surface area contributed by atoms with E-state index in [1.54, 1.807) is 0 Å². The second-order valence-electron chi connectivity index (χ2n) is 10.0. The van der Waals surface area contributed by atoms with E-state index in [0.717, 1.165) is 22.9 Å². The standard InChI is InChI=1S/C27H33FN6O4/c1-16(2)24(34-15-23(28)31-32-34)27(38)33-14-20(35)13-22(33)26(37)30-21(25(29)36)12-17-8-10-19(11-9-17)18-6-4-3-5-7-18/h3-11,15-16,20-22,24,27,35,38H,12-14H2,1-2H3,(H2,29,36)(H,30,37). The number of nitrogens with two attached hydrogens (primary N) is 1. The Hall–Kier alpha value is -3.67. The first-order valence-corrected chi connectivity index (χ1v) is 12.6. The van der Waals surface area contributed by atoms with Gasteiger partial charge in [0.05, 0.1) is 24.4 Å². The van der Waals surface area contributed by atoms with E-state index >= 15 is 0 Å². The smallest absolute Gasteiger partial charge is 0.252 e. The molecular formula is C27H33FN6O4. The Labute approximate surface area is 220 Å². The number of nitrogens with one attached hydrogen (secondary N) is 1. The van der Waals surface area contributed by atoms with Gasteiger partial charge in [0, 0.05) is 13.0 Å². The normalized spacial score (nSPS) is 20.3. The first-order chi connectivity index (χ1) is 18.1. The molecule has 5 atom stereocenters. The van der Waals surface area contributed by atoms with Crippen LogP contribution in [0.1, 0.15) is 31.9 Å². The highest BCUT2D eigenvalue weighted by Crippen LogP contribution is 2.30. The van der Waals surface area contributed by atoms with Crippen molar-refractivity contribution in [2.75, 3.05) is 6.54 Å². The first-order valence-electron chi connectivity index (χ1n) is 12.6. The predicted octanol–water partition coefficient (Wildman–Crippen LogP) is 1.25. The van der Waals surface area contributed by atoms with Gasteiger partial charge in [0.25, 0.3) is 5.95 Å². The van der Waals surface area contributed by atoms with Crippen molar-refractivity contribution in [3.8, 4) is 11.1 Å². The minimum Gasteiger partial charge on any atom is -0.392 e. The van der Waals surface area contributed by atoms with Crippen LogP contribution in [0.15, 0.2) is 60.8 Å². The number of primary amides is 1. The zero-order valence-electron chi connectivity index (χ0n) is 21.3. The van der Waals surface area contributed by atoms with Crippen LogP contribution in [0.5, 0.6) is 0 Å². The number of carbonyl (C=O) groups excluding carboxylic acids is 2. The Balaban J connectivity index is 1.47. The number of hydrogen-bond donors (Lipinski definition) is 4. The van der Waals surface area contributed by atoms with E-state index in [0.29, 0.717) is 0 Å². The summed E-state index contributed by atoms with van der Waals surface area (Å²) >= 11 is 0. The van der Waals surface area contributed by atoms with Crippen LogP contribution in [-0.4, -0.2) is 72.9 Å². The third kappa shape index (κ3) is 6.24. The number of hydrogen-bond acceptors (Lipinski definition) is 7. The predicted molar refractivity (Wildman–Crippen MR) is 138 cm³/mol. The van der Waals surface area contributed by atoms with Crippen molar-refractivity contribution in [1.29, 1.82) is 0 Å². The average molecular weight is 525 g/mol. The van der Waals surface area contributed by atoms with E-state index in [1.165, 1.54) is 9.58 Å². The maximum atomic E-state index is 13.5. The monoisotopic (exact) mass is 524 g/mol. The van der Waals surface area contributed by atoms with Crippen molar-refractivity contribution in [1.82, 2.24) is 25.2 Å². The highest BCUT2D eigenvalue weighted by molar-refractivity contribution is 5.89. The second kappa shape index (κ2) is 11.8. The molecule has 202 valence electrons. The molecule has 5 N–H and O–H groups in total. The first kappa shape index (κ1) is 27.4. The van der Waals surface area contributed by atoms with E-state index in [1.807, 2.05) is 68.4 Å². The van der Waals surface area contributed by atoms with Gasteiger partial charge in [-0.05, 0) is 29.0 Å². The molecule has 0 spiro atoms. The number of rotatable bonds is 10. The maximum Gasteiger partial charge on any atom is 0.252 e. The van der Waals surface area contributed by atoms with Gasteiger partial charge in [-0.25, -0.2) is 4.68 Å². The summed E-state index contributed by atoms with van der Waals surface area (Å²) in [5, 5.41) is 31.3. The second-order valence-corrected chi connectivity index (χ2v) is 10.0. The molecular weight excluding hydrogens is 491 g/mol. The third-order valence-electron chi connectivity index (χ3n) is 6.90. The molecule has 5 unspecified atom stereocenters. The number of nitrogens with zero attached hydrogens (tertiary/aromatic N) is 4. The van der Waals surface area contributed by atoms with Crippen molar-refractivity contribution in [3.63, 3.8) is 0 Å². The number of aliphatic hydroxyl groups excluding tert-OH is 2. The molecule has 0 radical (unpaired) electrons. The fourth-order valence-electron chi connectivity index (χ4n) is 4.96. The zero-order chi connectivity index (χ0) is 27.4. The maximum absolute atomic E-state index is 13.5. The summed E-state index contributed by atoms with van der Waals surface area (Å²) < 4.78 is 14.7. The lowest BCUT2D eigenvalue weighted by atomic mass is 9.99. The Morgan fingerprint density at radius 1 is 1.13 bits per heavy atom. The van der Waals surface area contributed by atoms with E-state index < -0.39 is 48.2 Å². The Morgan fingerprint density at radius 3 is 2.37 bits per heavy atom. The number of carbonyl (C=O) groups is 2. The molecule has 1 saturated heterocycles. The van der Waals surface area contributed by atoms with Crippen molar-refractivity contribution in [2.24, 2.45) is 11.7 Å². The molecule has 1 aliphatic heterocycles. The van der Waals surface area contributed by atoms with Crippen molar-refractivity contribution in [3.05, 3.63) is 72.3 Å². The van der Waals surface area contributed by atoms with Crippen LogP contribution in [0.25, 0.3) is 11.1 Å². The van der Waals surface area contributed by atoms with Crippen LogP contribution in [0.3, 0.4) is 0 Å². The lowest BCUT2D eigenvalue weighted by Crippen LogP contribution is -2.55. The number of benzene rings is 2. The van der Waals surface area contributed by atoms with Gasteiger partial charge in [-0.1, -0.05) is 78.8 Å². The SMILES string of the molecule is CC(C)C(C(O)N1CC(O)CC1C(=O)NC(Cc1ccc(-c2ccccc2)cc1)C(N)=O)n1cc(F)nn1. The molecule has 0 bridgehead atoms. The van der Waals surface area contributed by atoms with Crippen molar-refractivity contribution in [2.45, 2.75) is 57.1 Å².